The summed E-state index contributed by atoms with van der Waals surface area (Å²) in [5, 5.41) is 0. The van der Waals surface area contributed by atoms with Crippen LogP contribution >= 0.6 is 15.9 Å². The third-order valence-electron chi connectivity index (χ3n) is 2.72. The van der Waals surface area contributed by atoms with Crippen molar-refractivity contribution < 1.29 is 0 Å². The molecule has 2 aromatic heterocycles. The van der Waals surface area contributed by atoms with E-state index in [1.165, 1.54) is 5.56 Å². The van der Waals surface area contributed by atoms with Crippen LogP contribution in [0.5, 0.6) is 0 Å². The zero-order valence-electron chi connectivity index (χ0n) is 10.2. The Morgan fingerprint density at radius 2 is 1.94 bits per heavy atom. The fourth-order valence-electron chi connectivity index (χ4n) is 1.83. The second-order valence-electron chi connectivity index (χ2n) is 3.93. The van der Waals surface area contributed by atoms with Gasteiger partial charge in [-0.15, -0.1) is 0 Å². The molecule has 0 aromatic carbocycles. The first-order chi connectivity index (χ1) is 8.72. The molecule has 0 saturated carbocycles. The first-order valence-electron chi connectivity index (χ1n) is 5.75. The summed E-state index contributed by atoms with van der Waals surface area (Å²) in [5.41, 5.74) is 8.88. The van der Waals surface area contributed by atoms with Gasteiger partial charge in [0.15, 0.2) is 0 Å². The Morgan fingerprint density at radius 3 is 2.56 bits per heavy atom. The molecule has 0 radical (unpaired) electrons. The maximum Gasteiger partial charge on any atom is 0.0778 e. The molecule has 0 unspecified atom stereocenters. The van der Waals surface area contributed by atoms with Crippen LogP contribution < -0.4 is 10.6 Å². The highest BCUT2D eigenvalue weighted by Gasteiger charge is 2.12. The van der Waals surface area contributed by atoms with Crippen molar-refractivity contribution in [2.45, 2.75) is 13.5 Å². The maximum atomic E-state index is 6.00. The van der Waals surface area contributed by atoms with Crippen LogP contribution in [0.3, 0.4) is 0 Å². The third kappa shape index (κ3) is 2.79. The molecule has 2 rings (SSSR count). The average molecular weight is 307 g/mol. The van der Waals surface area contributed by atoms with Crippen LogP contribution in [0.1, 0.15) is 12.5 Å². The van der Waals surface area contributed by atoms with E-state index in [9.17, 15) is 0 Å². The molecule has 0 amide bonds. The van der Waals surface area contributed by atoms with Gasteiger partial charge in [-0.05, 0) is 40.5 Å². The van der Waals surface area contributed by atoms with Gasteiger partial charge in [0.05, 0.1) is 22.0 Å². The molecule has 5 heteroatoms. The highest BCUT2D eigenvalue weighted by atomic mass is 79.9. The van der Waals surface area contributed by atoms with Crippen LogP contribution in [0.15, 0.2) is 41.4 Å². The molecule has 0 aliphatic heterocycles. The van der Waals surface area contributed by atoms with Gasteiger partial charge in [-0.3, -0.25) is 9.97 Å². The topological polar surface area (TPSA) is 55.0 Å². The van der Waals surface area contributed by atoms with Crippen molar-refractivity contribution in [1.29, 1.82) is 0 Å². The van der Waals surface area contributed by atoms with Crippen molar-refractivity contribution in [2.24, 2.45) is 0 Å². The van der Waals surface area contributed by atoms with E-state index in [1.54, 1.807) is 24.8 Å². The summed E-state index contributed by atoms with van der Waals surface area (Å²) in [6, 6.07) is 4.02. The van der Waals surface area contributed by atoms with E-state index >= 15 is 0 Å². The largest absolute Gasteiger partial charge is 0.396 e. The first kappa shape index (κ1) is 12.8. The van der Waals surface area contributed by atoms with Crippen molar-refractivity contribution in [3.05, 3.63) is 47.0 Å². The van der Waals surface area contributed by atoms with Gasteiger partial charge in [-0.2, -0.15) is 0 Å². The summed E-state index contributed by atoms with van der Waals surface area (Å²) < 4.78 is 0.915. The third-order valence-corrected chi connectivity index (χ3v) is 3.30. The van der Waals surface area contributed by atoms with E-state index in [0.717, 1.165) is 23.2 Å². The fraction of sp³-hybridized carbons (Fsp3) is 0.231. The molecule has 94 valence electrons. The predicted molar refractivity (Wildman–Crippen MR) is 77.3 cm³/mol. The van der Waals surface area contributed by atoms with E-state index < -0.39 is 0 Å². The summed E-state index contributed by atoms with van der Waals surface area (Å²) in [4.78, 5) is 10.3. The zero-order chi connectivity index (χ0) is 13.0. The van der Waals surface area contributed by atoms with Crippen LogP contribution in [-0.2, 0) is 6.54 Å². The van der Waals surface area contributed by atoms with Crippen LogP contribution in [-0.4, -0.2) is 16.5 Å². The molecule has 0 fully saturated rings. The molecular weight excluding hydrogens is 292 g/mol. The van der Waals surface area contributed by atoms with E-state index in [2.05, 4.69) is 37.7 Å². The predicted octanol–water partition coefficient (Wildman–Crippen LogP) is 2.85. The number of pyridine rings is 2. The van der Waals surface area contributed by atoms with E-state index in [4.69, 9.17) is 5.73 Å². The van der Waals surface area contributed by atoms with Gasteiger partial charge in [0, 0.05) is 31.7 Å². The molecule has 0 spiro atoms. The van der Waals surface area contributed by atoms with Crippen molar-refractivity contribution in [3.63, 3.8) is 0 Å². The van der Waals surface area contributed by atoms with E-state index in [0.29, 0.717) is 5.69 Å². The molecule has 4 nitrogen and oxygen atoms in total. The first-order valence-corrected chi connectivity index (χ1v) is 6.54. The normalized spacial score (nSPS) is 10.3. The number of aromatic nitrogens is 2. The molecule has 2 aromatic rings. The number of halogens is 1. The lowest BCUT2D eigenvalue weighted by molar-refractivity contribution is 0.828. The van der Waals surface area contributed by atoms with Crippen molar-refractivity contribution in [3.8, 4) is 0 Å². The van der Waals surface area contributed by atoms with E-state index in [1.807, 2.05) is 12.1 Å². The molecular formula is C13H15BrN4. The second kappa shape index (κ2) is 5.82. The number of nitrogens with zero attached hydrogens (tertiary/aromatic N) is 3. The van der Waals surface area contributed by atoms with Gasteiger partial charge >= 0.3 is 0 Å². The monoisotopic (exact) mass is 306 g/mol. The quantitative estimate of drug-likeness (QED) is 0.943. The van der Waals surface area contributed by atoms with Gasteiger partial charge in [0.2, 0.25) is 0 Å². The SMILES string of the molecule is CCN(Cc1ccncc1)c1c(N)cncc1Br. The summed E-state index contributed by atoms with van der Waals surface area (Å²) in [5.74, 6) is 0. The Kier molecular flexibility index (Phi) is 4.15. The molecule has 0 aliphatic rings. The summed E-state index contributed by atoms with van der Waals surface area (Å²) >= 11 is 3.51. The second-order valence-corrected chi connectivity index (χ2v) is 4.78. The number of nitrogens with two attached hydrogens (primary N) is 1. The molecule has 2 heterocycles. The fourth-order valence-corrected chi connectivity index (χ4v) is 2.43. The van der Waals surface area contributed by atoms with Crippen LogP contribution in [0.4, 0.5) is 11.4 Å². The summed E-state index contributed by atoms with van der Waals surface area (Å²) in [6.07, 6.45) is 7.04. The number of anilines is 2. The zero-order valence-corrected chi connectivity index (χ0v) is 11.8. The number of rotatable bonds is 4. The molecule has 0 atom stereocenters. The lowest BCUT2D eigenvalue weighted by Crippen LogP contribution is -2.23. The van der Waals surface area contributed by atoms with Gasteiger partial charge in [-0.1, -0.05) is 0 Å². The van der Waals surface area contributed by atoms with Gasteiger partial charge in [0.25, 0.3) is 0 Å². The van der Waals surface area contributed by atoms with Gasteiger partial charge in [-0.25, -0.2) is 0 Å². The minimum atomic E-state index is 0.681. The van der Waals surface area contributed by atoms with Gasteiger partial charge in [0.1, 0.15) is 0 Å². The Labute approximate surface area is 115 Å². The lowest BCUT2D eigenvalue weighted by atomic mass is 10.2. The molecule has 0 saturated heterocycles. The Balaban J connectivity index is 2.29. The standard InChI is InChI=1S/C13H15BrN4/c1-2-18(9-10-3-5-16-6-4-10)13-11(14)7-17-8-12(13)15/h3-8H,2,9,15H2,1H3. The Morgan fingerprint density at radius 1 is 1.22 bits per heavy atom. The molecule has 2 N–H and O–H groups in total. The Hall–Kier alpha value is -1.62. The number of nitrogen functional groups attached to an aromatic ring is 1. The number of hydrogen-bond acceptors (Lipinski definition) is 4. The molecule has 0 aliphatic carbocycles. The lowest BCUT2D eigenvalue weighted by Gasteiger charge is -2.25. The minimum Gasteiger partial charge on any atom is -0.396 e. The van der Waals surface area contributed by atoms with Crippen LogP contribution in [0.2, 0.25) is 0 Å². The summed E-state index contributed by atoms with van der Waals surface area (Å²) in [6.45, 7) is 3.77. The minimum absolute atomic E-state index is 0.681. The van der Waals surface area contributed by atoms with Crippen molar-refractivity contribution in [1.82, 2.24) is 9.97 Å². The van der Waals surface area contributed by atoms with E-state index in [-0.39, 0.29) is 0 Å². The molecule has 18 heavy (non-hydrogen) atoms. The van der Waals surface area contributed by atoms with Crippen molar-refractivity contribution in [2.75, 3.05) is 17.2 Å². The Bertz CT molecular complexity index is 495. The average Bonchev–Trinajstić information content (AvgIpc) is 2.38. The van der Waals surface area contributed by atoms with Crippen LogP contribution in [0, 0.1) is 0 Å². The highest BCUT2D eigenvalue weighted by molar-refractivity contribution is 9.10. The highest BCUT2D eigenvalue weighted by Crippen LogP contribution is 2.31. The number of hydrogen-bond donors (Lipinski definition) is 1. The van der Waals surface area contributed by atoms with Crippen LogP contribution in [0.25, 0.3) is 0 Å². The molecule has 0 bridgehead atoms. The summed E-state index contributed by atoms with van der Waals surface area (Å²) in [7, 11) is 0. The smallest absolute Gasteiger partial charge is 0.0778 e. The van der Waals surface area contributed by atoms with Gasteiger partial charge < -0.3 is 10.6 Å². The maximum absolute atomic E-state index is 6.00. The van der Waals surface area contributed by atoms with Crippen molar-refractivity contribution >= 4 is 27.3 Å².